The Balaban J connectivity index is 2.06. The lowest BCUT2D eigenvalue weighted by Crippen LogP contribution is -2.17. The van der Waals surface area contributed by atoms with Crippen molar-refractivity contribution in [3.8, 4) is 11.3 Å². The van der Waals surface area contributed by atoms with Crippen molar-refractivity contribution in [1.82, 2.24) is 5.16 Å². The molecule has 0 amide bonds. The highest BCUT2D eigenvalue weighted by atomic mass is 35.5. The number of carbonyl (C=O) groups excluding carboxylic acids is 1. The zero-order chi connectivity index (χ0) is 17.1. The van der Waals surface area contributed by atoms with E-state index < -0.39 is 6.04 Å². The summed E-state index contributed by atoms with van der Waals surface area (Å²) in [6, 6.07) is 6.74. The molecular formula is C16H15ClN4O3. The van der Waals surface area contributed by atoms with Gasteiger partial charge in [-0.05, 0) is 30.5 Å². The molecule has 124 valence electrons. The van der Waals surface area contributed by atoms with Gasteiger partial charge in [0.1, 0.15) is 11.5 Å². The zero-order valence-corrected chi connectivity index (χ0v) is 13.7. The Kier molecular flexibility index (Phi) is 4.74. The Labute approximate surface area is 143 Å². The summed E-state index contributed by atoms with van der Waals surface area (Å²) < 4.78 is 10.3. The molecule has 1 aromatic carbocycles. The smallest absolute Gasteiger partial charge is 0.309 e. The molecule has 0 bridgehead atoms. The van der Waals surface area contributed by atoms with E-state index in [0.717, 1.165) is 11.1 Å². The maximum Gasteiger partial charge on any atom is 0.309 e. The van der Waals surface area contributed by atoms with E-state index >= 15 is 0 Å². The number of carbonyl (C=O) groups is 1. The second-order valence-electron chi connectivity index (χ2n) is 5.60. The number of azide groups is 1. The van der Waals surface area contributed by atoms with E-state index in [4.69, 9.17) is 26.4 Å². The average molecular weight is 347 g/mol. The molecule has 24 heavy (non-hydrogen) atoms. The van der Waals surface area contributed by atoms with Gasteiger partial charge in [-0.1, -0.05) is 34.0 Å². The molecule has 0 N–H and O–H groups in total. The molecule has 0 spiro atoms. The average Bonchev–Trinajstić information content (AvgIpc) is 2.92. The van der Waals surface area contributed by atoms with E-state index in [1.165, 1.54) is 7.11 Å². The molecule has 2 aromatic rings. The first kappa shape index (κ1) is 16.4. The Hall–Kier alpha value is -2.50. The summed E-state index contributed by atoms with van der Waals surface area (Å²) in [5, 5.41) is 8.64. The molecule has 1 heterocycles. The van der Waals surface area contributed by atoms with Crippen LogP contribution in [-0.2, 0) is 16.0 Å². The van der Waals surface area contributed by atoms with Crippen LogP contribution < -0.4 is 0 Å². The number of rotatable bonds is 3. The first-order valence-corrected chi connectivity index (χ1v) is 7.88. The summed E-state index contributed by atoms with van der Waals surface area (Å²) in [6.45, 7) is 0. The summed E-state index contributed by atoms with van der Waals surface area (Å²) in [7, 11) is 1.36. The minimum absolute atomic E-state index is 0.299. The standard InChI is InChI=1S/C16H15ClN4O3/c1-23-16(22)10-4-7-12(19-21-18)14-13(8-10)24-20-15(14)9-2-5-11(17)6-3-9/h2-3,5-6,10,12H,4,7-8H2,1H3/t10-,12-/m1/s1. The van der Waals surface area contributed by atoms with Crippen molar-refractivity contribution in [2.24, 2.45) is 11.0 Å². The minimum atomic E-state index is -0.434. The number of ether oxygens (including phenoxy) is 1. The van der Waals surface area contributed by atoms with Gasteiger partial charge in [0, 0.05) is 27.5 Å². The minimum Gasteiger partial charge on any atom is -0.469 e. The van der Waals surface area contributed by atoms with Crippen LogP contribution in [0.1, 0.15) is 30.2 Å². The van der Waals surface area contributed by atoms with Crippen LogP contribution in [0, 0.1) is 5.92 Å². The van der Waals surface area contributed by atoms with Gasteiger partial charge in [-0.25, -0.2) is 0 Å². The van der Waals surface area contributed by atoms with Crippen LogP contribution in [-0.4, -0.2) is 18.2 Å². The van der Waals surface area contributed by atoms with Gasteiger partial charge in [0.25, 0.3) is 0 Å². The molecule has 0 fully saturated rings. The molecule has 7 nitrogen and oxygen atoms in total. The first-order valence-electron chi connectivity index (χ1n) is 7.50. The van der Waals surface area contributed by atoms with Crippen LogP contribution in [0.2, 0.25) is 5.02 Å². The van der Waals surface area contributed by atoms with Crippen molar-refractivity contribution in [1.29, 1.82) is 0 Å². The lowest BCUT2D eigenvalue weighted by atomic mass is 9.99. The van der Waals surface area contributed by atoms with Crippen LogP contribution in [0.15, 0.2) is 33.9 Å². The SMILES string of the molecule is COC(=O)[C@@H]1CC[C@@H](N=[N+]=[N-])c2c(-c3ccc(Cl)cc3)noc2C1. The van der Waals surface area contributed by atoms with Crippen LogP contribution in [0.4, 0.5) is 0 Å². The number of fused-ring (bicyclic) bond motifs is 1. The lowest BCUT2D eigenvalue weighted by molar-refractivity contribution is -0.145. The fourth-order valence-corrected chi connectivity index (χ4v) is 3.14. The molecule has 0 radical (unpaired) electrons. The number of benzene rings is 1. The van der Waals surface area contributed by atoms with Crippen molar-refractivity contribution < 1.29 is 14.1 Å². The number of aromatic nitrogens is 1. The molecular weight excluding hydrogens is 332 g/mol. The molecule has 0 aliphatic heterocycles. The van der Waals surface area contributed by atoms with E-state index in [2.05, 4.69) is 15.2 Å². The van der Waals surface area contributed by atoms with Gasteiger partial charge >= 0.3 is 5.97 Å². The van der Waals surface area contributed by atoms with E-state index in [1.807, 2.05) is 12.1 Å². The third-order valence-electron chi connectivity index (χ3n) is 4.20. The Bertz CT molecular complexity index is 796. The summed E-state index contributed by atoms with van der Waals surface area (Å²) in [5.74, 6) is -0.0732. The van der Waals surface area contributed by atoms with Gasteiger partial charge in [0.15, 0.2) is 0 Å². The van der Waals surface area contributed by atoms with Crippen molar-refractivity contribution >= 4 is 17.6 Å². The van der Waals surface area contributed by atoms with Crippen LogP contribution in [0.5, 0.6) is 0 Å². The number of halogens is 1. The summed E-state index contributed by atoms with van der Waals surface area (Å²) in [5.41, 5.74) is 11.1. The third kappa shape index (κ3) is 3.09. The summed E-state index contributed by atoms with van der Waals surface area (Å²) in [4.78, 5) is 14.8. The van der Waals surface area contributed by atoms with Crippen molar-refractivity contribution in [3.05, 3.63) is 51.1 Å². The molecule has 8 heteroatoms. The molecule has 0 saturated carbocycles. The Morgan fingerprint density at radius 3 is 2.83 bits per heavy atom. The Morgan fingerprint density at radius 2 is 2.17 bits per heavy atom. The molecule has 2 atom stereocenters. The number of methoxy groups -OCH3 is 1. The predicted octanol–water partition coefficient (Wildman–Crippen LogP) is 4.47. The summed E-state index contributed by atoms with van der Waals surface area (Å²) in [6.07, 6.45) is 1.46. The number of hydrogen-bond acceptors (Lipinski definition) is 5. The van der Waals surface area contributed by atoms with Gasteiger partial charge < -0.3 is 9.26 Å². The van der Waals surface area contributed by atoms with Gasteiger partial charge in [-0.2, -0.15) is 0 Å². The monoisotopic (exact) mass is 346 g/mol. The molecule has 1 aliphatic rings. The van der Waals surface area contributed by atoms with Crippen LogP contribution >= 0.6 is 11.6 Å². The molecule has 1 aromatic heterocycles. The van der Waals surface area contributed by atoms with E-state index in [1.54, 1.807) is 12.1 Å². The fraction of sp³-hybridized carbons (Fsp3) is 0.375. The highest BCUT2D eigenvalue weighted by Crippen LogP contribution is 2.40. The van der Waals surface area contributed by atoms with Gasteiger partial charge in [0.05, 0.1) is 19.1 Å². The van der Waals surface area contributed by atoms with Gasteiger partial charge in [-0.15, -0.1) is 0 Å². The fourth-order valence-electron chi connectivity index (χ4n) is 3.01. The number of hydrogen-bond donors (Lipinski definition) is 0. The molecule has 3 rings (SSSR count). The van der Waals surface area contributed by atoms with Crippen molar-refractivity contribution in [2.45, 2.75) is 25.3 Å². The maximum atomic E-state index is 11.9. The first-order chi connectivity index (χ1) is 11.6. The highest BCUT2D eigenvalue weighted by molar-refractivity contribution is 6.30. The van der Waals surface area contributed by atoms with Crippen molar-refractivity contribution in [3.63, 3.8) is 0 Å². The van der Waals surface area contributed by atoms with Crippen LogP contribution in [0.3, 0.4) is 0 Å². The second kappa shape index (κ2) is 6.95. The van der Waals surface area contributed by atoms with E-state index in [-0.39, 0.29) is 11.9 Å². The van der Waals surface area contributed by atoms with Gasteiger partial charge in [0.2, 0.25) is 0 Å². The number of nitrogens with zero attached hydrogens (tertiary/aromatic N) is 4. The highest BCUT2D eigenvalue weighted by Gasteiger charge is 2.33. The predicted molar refractivity (Wildman–Crippen MR) is 87.3 cm³/mol. The quantitative estimate of drug-likeness (QED) is 0.269. The number of esters is 1. The van der Waals surface area contributed by atoms with Crippen molar-refractivity contribution in [2.75, 3.05) is 7.11 Å². The zero-order valence-electron chi connectivity index (χ0n) is 13.0. The second-order valence-corrected chi connectivity index (χ2v) is 6.03. The van der Waals surface area contributed by atoms with E-state index in [9.17, 15) is 4.79 Å². The lowest BCUT2D eigenvalue weighted by Gasteiger charge is -2.11. The van der Waals surface area contributed by atoms with E-state index in [0.29, 0.717) is 35.7 Å². The molecule has 0 saturated heterocycles. The topological polar surface area (TPSA) is 101 Å². The Morgan fingerprint density at radius 1 is 1.42 bits per heavy atom. The third-order valence-corrected chi connectivity index (χ3v) is 4.45. The normalized spacial score (nSPS) is 19.8. The largest absolute Gasteiger partial charge is 0.469 e. The van der Waals surface area contributed by atoms with Gasteiger partial charge in [-0.3, -0.25) is 4.79 Å². The summed E-state index contributed by atoms with van der Waals surface area (Å²) >= 11 is 5.93. The molecule has 0 unspecified atom stereocenters. The maximum absolute atomic E-state index is 11.9. The molecule has 1 aliphatic carbocycles. The van der Waals surface area contributed by atoms with Crippen LogP contribution in [0.25, 0.3) is 21.7 Å².